The molecule has 0 unspecified atom stereocenters. The molecule has 3 aliphatic rings. The molecule has 0 radical (unpaired) electrons. The molecule has 0 aromatic carbocycles. The lowest BCUT2D eigenvalue weighted by molar-refractivity contribution is -0.150. The van der Waals surface area contributed by atoms with Gasteiger partial charge >= 0.3 is 5.97 Å². The number of esters is 1. The number of rotatable bonds is 6. The Labute approximate surface area is 149 Å². The Morgan fingerprint density at radius 2 is 2.08 bits per heavy atom. The van der Waals surface area contributed by atoms with E-state index in [4.69, 9.17) is 14.2 Å². The van der Waals surface area contributed by atoms with Gasteiger partial charge in [0.1, 0.15) is 31.0 Å². The van der Waals surface area contributed by atoms with Crippen molar-refractivity contribution in [2.24, 2.45) is 0 Å². The van der Waals surface area contributed by atoms with Crippen molar-refractivity contribution in [2.45, 2.75) is 60.4 Å². The van der Waals surface area contributed by atoms with Crippen LogP contribution in [0.25, 0.3) is 0 Å². The van der Waals surface area contributed by atoms with Crippen LogP contribution in [0.4, 0.5) is 0 Å². The molecule has 0 N–H and O–H groups in total. The summed E-state index contributed by atoms with van der Waals surface area (Å²) in [7, 11) is 1.34. The number of methoxy groups -OCH3 is 1. The number of hydrogen-bond donors (Lipinski definition) is 0. The first-order valence-corrected chi connectivity index (χ1v) is 9.50. The molecule has 9 nitrogen and oxygen atoms in total. The SMILES string of the molecule is COC(=O)CO[C@H]1CO[C@@H]2[C@@H]1OC[C@@H]2n1nnnc1SC1CCCC1. The van der Waals surface area contributed by atoms with E-state index in [1.54, 1.807) is 11.8 Å². The molecule has 3 fully saturated rings. The monoisotopic (exact) mass is 370 g/mol. The van der Waals surface area contributed by atoms with Crippen LogP contribution in [-0.2, 0) is 23.7 Å². The van der Waals surface area contributed by atoms with E-state index in [-0.39, 0.29) is 31.0 Å². The number of tetrazole rings is 1. The molecular formula is C15H22N4O5S. The molecule has 1 aromatic rings. The van der Waals surface area contributed by atoms with Crippen LogP contribution in [-0.4, -0.2) is 76.7 Å². The van der Waals surface area contributed by atoms with Crippen molar-refractivity contribution in [2.75, 3.05) is 26.9 Å². The van der Waals surface area contributed by atoms with Gasteiger partial charge in [-0.3, -0.25) is 0 Å². The summed E-state index contributed by atoms with van der Waals surface area (Å²) < 4.78 is 23.8. The number of hydrogen-bond acceptors (Lipinski definition) is 9. The van der Waals surface area contributed by atoms with Crippen LogP contribution >= 0.6 is 11.8 Å². The van der Waals surface area contributed by atoms with E-state index >= 15 is 0 Å². The molecule has 2 saturated heterocycles. The molecule has 1 aliphatic carbocycles. The van der Waals surface area contributed by atoms with E-state index in [1.807, 2.05) is 4.68 Å². The highest BCUT2D eigenvalue weighted by molar-refractivity contribution is 7.99. The molecule has 3 heterocycles. The zero-order chi connectivity index (χ0) is 17.2. The van der Waals surface area contributed by atoms with Gasteiger partial charge in [0.25, 0.3) is 0 Å². The lowest BCUT2D eigenvalue weighted by atomic mass is 10.1. The van der Waals surface area contributed by atoms with Crippen LogP contribution in [0.15, 0.2) is 5.16 Å². The van der Waals surface area contributed by atoms with E-state index in [2.05, 4.69) is 20.3 Å². The summed E-state index contributed by atoms with van der Waals surface area (Å²) in [5.41, 5.74) is 0. The summed E-state index contributed by atoms with van der Waals surface area (Å²) >= 11 is 1.75. The Kier molecular flexibility index (Phi) is 5.20. The lowest BCUT2D eigenvalue weighted by Crippen LogP contribution is -2.33. The zero-order valence-electron chi connectivity index (χ0n) is 14.1. The second-order valence-corrected chi connectivity index (χ2v) is 7.79. The minimum absolute atomic E-state index is 0.0735. The fourth-order valence-electron chi connectivity index (χ4n) is 3.66. The summed E-state index contributed by atoms with van der Waals surface area (Å²) in [6, 6.07) is -0.0735. The second-order valence-electron chi connectivity index (χ2n) is 6.52. The van der Waals surface area contributed by atoms with Gasteiger partial charge in [0, 0.05) is 5.25 Å². The molecule has 0 amide bonds. The molecule has 25 heavy (non-hydrogen) atoms. The van der Waals surface area contributed by atoms with Gasteiger partial charge in [-0.25, -0.2) is 9.48 Å². The molecule has 1 aromatic heterocycles. The second kappa shape index (κ2) is 7.56. The number of ether oxygens (including phenoxy) is 4. The van der Waals surface area contributed by atoms with Gasteiger partial charge in [-0.05, 0) is 23.3 Å². The maximum Gasteiger partial charge on any atom is 0.331 e. The lowest BCUT2D eigenvalue weighted by Gasteiger charge is -2.18. The van der Waals surface area contributed by atoms with Crippen LogP contribution in [0, 0.1) is 0 Å². The Balaban J connectivity index is 1.40. The van der Waals surface area contributed by atoms with Crippen molar-refractivity contribution in [1.82, 2.24) is 20.2 Å². The van der Waals surface area contributed by atoms with Crippen molar-refractivity contribution in [1.29, 1.82) is 0 Å². The molecule has 4 atom stereocenters. The van der Waals surface area contributed by atoms with Gasteiger partial charge in [-0.1, -0.05) is 24.6 Å². The van der Waals surface area contributed by atoms with Crippen LogP contribution in [0.2, 0.25) is 0 Å². The zero-order valence-corrected chi connectivity index (χ0v) is 14.9. The minimum atomic E-state index is -0.409. The van der Waals surface area contributed by atoms with Crippen molar-refractivity contribution in [3.8, 4) is 0 Å². The number of carbonyl (C=O) groups is 1. The summed E-state index contributed by atoms with van der Waals surface area (Å²) in [6.07, 6.45) is 4.31. The standard InChI is InChI=1S/C15H22N4O5S/c1-21-12(20)8-22-11-7-24-13-10(6-23-14(11)13)19-15(16-17-18-19)25-9-4-2-3-5-9/h9-11,13-14H,2-8H2,1H3/t10-,11-,13-,14+/m0/s1. The molecule has 1 saturated carbocycles. The maximum atomic E-state index is 11.3. The van der Waals surface area contributed by atoms with Crippen molar-refractivity contribution < 1.29 is 23.7 Å². The molecule has 10 heteroatoms. The van der Waals surface area contributed by atoms with E-state index < -0.39 is 5.97 Å². The first kappa shape index (κ1) is 17.2. The fourth-order valence-corrected chi connectivity index (χ4v) is 4.89. The quantitative estimate of drug-likeness (QED) is 0.667. The molecular weight excluding hydrogens is 348 g/mol. The fraction of sp³-hybridized carbons (Fsp3) is 0.867. The van der Waals surface area contributed by atoms with Gasteiger partial charge in [0.2, 0.25) is 5.16 Å². The number of fused-ring (bicyclic) bond motifs is 1. The predicted octanol–water partition coefficient (Wildman–Crippen LogP) is 0.605. The summed E-state index contributed by atoms with van der Waals surface area (Å²) in [4.78, 5) is 11.3. The van der Waals surface area contributed by atoms with Gasteiger partial charge < -0.3 is 18.9 Å². The highest BCUT2D eigenvalue weighted by Gasteiger charge is 2.50. The predicted molar refractivity (Wildman–Crippen MR) is 86.2 cm³/mol. The molecule has 4 rings (SSSR count). The molecule has 138 valence electrons. The molecule has 0 spiro atoms. The average molecular weight is 370 g/mol. The smallest absolute Gasteiger partial charge is 0.331 e. The van der Waals surface area contributed by atoms with Gasteiger partial charge in [-0.15, -0.1) is 5.10 Å². The van der Waals surface area contributed by atoms with Crippen LogP contribution < -0.4 is 0 Å². The number of thioether (sulfide) groups is 1. The van der Waals surface area contributed by atoms with Crippen molar-refractivity contribution in [3.63, 3.8) is 0 Å². The number of aromatic nitrogens is 4. The van der Waals surface area contributed by atoms with Gasteiger partial charge in [-0.2, -0.15) is 0 Å². The third-order valence-electron chi connectivity index (χ3n) is 4.98. The maximum absolute atomic E-state index is 11.3. The van der Waals surface area contributed by atoms with E-state index in [1.165, 1.54) is 32.8 Å². The van der Waals surface area contributed by atoms with Crippen LogP contribution in [0.1, 0.15) is 31.7 Å². The molecule has 0 bridgehead atoms. The van der Waals surface area contributed by atoms with Crippen LogP contribution in [0.5, 0.6) is 0 Å². The number of nitrogens with zero attached hydrogens (tertiary/aromatic N) is 4. The minimum Gasteiger partial charge on any atom is -0.467 e. The highest BCUT2D eigenvalue weighted by Crippen LogP contribution is 2.39. The van der Waals surface area contributed by atoms with Crippen molar-refractivity contribution in [3.05, 3.63) is 0 Å². The summed E-state index contributed by atoms with van der Waals surface area (Å²) in [5, 5.41) is 13.6. The van der Waals surface area contributed by atoms with Gasteiger partial charge in [0.05, 0.1) is 20.3 Å². The molecule has 2 aliphatic heterocycles. The first-order chi connectivity index (χ1) is 12.3. The Bertz CT molecular complexity index is 608. The average Bonchev–Trinajstić information content (AvgIpc) is 3.38. The Morgan fingerprint density at radius 3 is 2.88 bits per heavy atom. The van der Waals surface area contributed by atoms with Gasteiger partial charge in [0.15, 0.2) is 0 Å². The largest absolute Gasteiger partial charge is 0.467 e. The Hall–Kier alpha value is -1.23. The normalized spacial score (nSPS) is 32.2. The summed E-state index contributed by atoms with van der Waals surface area (Å²) in [6.45, 7) is 0.752. The number of carbonyl (C=O) groups excluding carboxylic acids is 1. The first-order valence-electron chi connectivity index (χ1n) is 8.62. The van der Waals surface area contributed by atoms with E-state index in [0.717, 1.165) is 5.16 Å². The summed E-state index contributed by atoms with van der Waals surface area (Å²) in [5.74, 6) is -0.409. The van der Waals surface area contributed by atoms with Crippen LogP contribution in [0.3, 0.4) is 0 Å². The van der Waals surface area contributed by atoms with Crippen molar-refractivity contribution >= 4 is 17.7 Å². The Morgan fingerprint density at radius 1 is 1.28 bits per heavy atom. The third kappa shape index (κ3) is 3.53. The third-order valence-corrected chi connectivity index (χ3v) is 6.26. The topological polar surface area (TPSA) is 97.6 Å². The highest BCUT2D eigenvalue weighted by atomic mass is 32.2. The van der Waals surface area contributed by atoms with E-state index in [9.17, 15) is 4.79 Å². The van der Waals surface area contributed by atoms with E-state index in [0.29, 0.717) is 18.5 Å².